The van der Waals surface area contributed by atoms with Crippen LogP contribution in [0.5, 0.6) is 0 Å². The lowest BCUT2D eigenvalue weighted by Crippen LogP contribution is -2.30. The second-order valence-corrected chi connectivity index (χ2v) is 4.95. The second-order valence-electron chi connectivity index (χ2n) is 4.95. The molecule has 2 unspecified atom stereocenters. The van der Waals surface area contributed by atoms with Gasteiger partial charge in [0.2, 0.25) is 0 Å². The van der Waals surface area contributed by atoms with Crippen LogP contribution in [0.4, 0.5) is 0 Å². The first-order valence-electron chi connectivity index (χ1n) is 6.25. The lowest BCUT2D eigenvalue weighted by Gasteiger charge is -2.22. The molecule has 1 fully saturated rings. The third kappa shape index (κ3) is 2.37. The maximum absolute atomic E-state index is 9.16. The average Bonchev–Trinajstić information content (AvgIpc) is 2.64. The molecule has 0 N–H and O–H groups in total. The summed E-state index contributed by atoms with van der Waals surface area (Å²) >= 11 is 0. The van der Waals surface area contributed by atoms with Gasteiger partial charge in [-0.2, -0.15) is 5.26 Å². The van der Waals surface area contributed by atoms with Crippen LogP contribution in [-0.2, 0) is 0 Å². The number of hydrogen-bond donors (Lipinski definition) is 0. The van der Waals surface area contributed by atoms with E-state index in [1.54, 1.807) is 4.90 Å². The standard InChI is InChI=1S/C15H18N2/c1-3-10-17(11-16)15-9-7-13-6-4-12(2)5-8-14(13)15/h1,6,8,12,15H,4-5,7,9-10H2,2H3. The summed E-state index contributed by atoms with van der Waals surface area (Å²) in [5, 5.41) is 9.16. The Kier molecular flexibility index (Phi) is 3.55. The quantitative estimate of drug-likeness (QED) is 0.411. The van der Waals surface area contributed by atoms with E-state index in [1.165, 1.54) is 11.1 Å². The maximum Gasteiger partial charge on any atom is 0.180 e. The van der Waals surface area contributed by atoms with Crippen LogP contribution in [0.1, 0.15) is 32.6 Å². The summed E-state index contributed by atoms with van der Waals surface area (Å²) in [6.07, 6.45) is 16.6. The predicted molar refractivity (Wildman–Crippen MR) is 68.7 cm³/mol. The van der Waals surface area contributed by atoms with Gasteiger partial charge in [-0.1, -0.05) is 25.0 Å². The molecular formula is C15H18N2. The molecule has 2 aliphatic carbocycles. The van der Waals surface area contributed by atoms with E-state index in [0.29, 0.717) is 12.5 Å². The molecule has 0 heterocycles. The third-order valence-electron chi connectivity index (χ3n) is 3.69. The zero-order chi connectivity index (χ0) is 12.3. The Morgan fingerprint density at radius 2 is 2.24 bits per heavy atom. The van der Waals surface area contributed by atoms with Gasteiger partial charge in [-0.25, -0.2) is 0 Å². The van der Waals surface area contributed by atoms with E-state index >= 15 is 0 Å². The van der Waals surface area contributed by atoms with E-state index in [1.807, 2.05) is 0 Å². The summed E-state index contributed by atoms with van der Waals surface area (Å²) in [5.74, 6) is 3.28. The van der Waals surface area contributed by atoms with Crippen molar-refractivity contribution in [1.29, 1.82) is 5.26 Å². The summed E-state index contributed by atoms with van der Waals surface area (Å²) in [6, 6.07) is 0.215. The Labute approximate surface area is 104 Å². The van der Waals surface area contributed by atoms with E-state index in [0.717, 1.165) is 25.7 Å². The van der Waals surface area contributed by atoms with Crippen LogP contribution in [0.25, 0.3) is 0 Å². The van der Waals surface area contributed by atoms with Crippen LogP contribution < -0.4 is 0 Å². The highest BCUT2D eigenvalue weighted by Gasteiger charge is 2.30. The molecule has 0 aromatic carbocycles. The normalized spacial score (nSPS) is 27.0. The van der Waals surface area contributed by atoms with E-state index in [2.05, 4.69) is 31.2 Å². The van der Waals surface area contributed by atoms with Crippen molar-refractivity contribution < 1.29 is 0 Å². The predicted octanol–water partition coefficient (Wildman–Crippen LogP) is 2.85. The highest BCUT2D eigenvalue weighted by molar-refractivity contribution is 5.41. The van der Waals surface area contributed by atoms with Gasteiger partial charge < -0.3 is 0 Å². The first-order valence-corrected chi connectivity index (χ1v) is 6.25. The maximum atomic E-state index is 9.16. The van der Waals surface area contributed by atoms with Gasteiger partial charge in [0.15, 0.2) is 6.19 Å². The zero-order valence-corrected chi connectivity index (χ0v) is 10.3. The van der Waals surface area contributed by atoms with Crippen molar-refractivity contribution >= 4 is 0 Å². The molecule has 2 atom stereocenters. The molecule has 0 aliphatic heterocycles. The molecule has 0 radical (unpaired) electrons. The minimum Gasteiger partial charge on any atom is -0.291 e. The molecular weight excluding hydrogens is 208 g/mol. The SMILES string of the molecule is C#CCN(C#N)C1CCC2=CCC(C)CC=C21. The highest BCUT2D eigenvalue weighted by Crippen LogP contribution is 2.37. The monoisotopic (exact) mass is 226 g/mol. The molecule has 0 saturated heterocycles. The molecule has 0 bridgehead atoms. The summed E-state index contributed by atoms with van der Waals surface area (Å²) in [6.45, 7) is 2.69. The minimum atomic E-state index is 0.215. The van der Waals surface area contributed by atoms with Crippen LogP contribution in [0, 0.1) is 29.7 Å². The van der Waals surface area contributed by atoms with Gasteiger partial charge in [0.05, 0.1) is 12.6 Å². The number of fused-ring (bicyclic) bond motifs is 1. The molecule has 2 rings (SSSR count). The van der Waals surface area contributed by atoms with Gasteiger partial charge in [0.1, 0.15) is 0 Å². The number of nitriles is 1. The number of terminal acetylenes is 1. The van der Waals surface area contributed by atoms with Crippen molar-refractivity contribution in [2.24, 2.45) is 5.92 Å². The molecule has 2 heteroatoms. The van der Waals surface area contributed by atoms with Crippen molar-refractivity contribution in [3.05, 3.63) is 23.3 Å². The number of allylic oxidation sites excluding steroid dienone is 2. The van der Waals surface area contributed by atoms with Crippen molar-refractivity contribution in [3.8, 4) is 18.5 Å². The molecule has 17 heavy (non-hydrogen) atoms. The van der Waals surface area contributed by atoms with Gasteiger partial charge in [-0.05, 0) is 42.7 Å². The van der Waals surface area contributed by atoms with Gasteiger partial charge in [-0.3, -0.25) is 4.90 Å². The molecule has 2 aliphatic rings. The lowest BCUT2D eigenvalue weighted by molar-refractivity contribution is 0.361. The largest absolute Gasteiger partial charge is 0.291 e. The lowest BCUT2D eigenvalue weighted by atomic mass is 10.0. The minimum absolute atomic E-state index is 0.215. The smallest absolute Gasteiger partial charge is 0.180 e. The van der Waals surface area contributed by atoms with Crippen LogP contribution in [0.3, 0.4) is 0 Å². The Balaban J connectivity index is 2.22. The summed E-state index contributed by atoms with van der Waals surface area (Å²) in [5.41, 5.74) is 2.79. The highest BCUT2D eigenvalue weighted by atomic mass is 15.1. The van der Waals surface area contributed by atoms with Crippen molar-refractivity contribution in [1.82, 2.24) is 4.90 Å². The Morgan fingerprint density at radius 3 is 2.94 bits per heavy atom. The topological polar surface area (TPSA) is 27.0 Å². The van der Waals surface area contributed by atoms with Gasteiger partial charge in [0.25, 0.3) is 0 Å². The van der Waals surface area contributed by atoms with Crippen LogP contribution in [0.15, 0.2) is 23.3 Å². The Hall–Kier alpha value is -1.67. The first kappa shape index (κ1) is 11.8. The number of nitrogens with zero attached hydrogens (tertiary/aromatic N) is 2. The van der Waals surface area contributed by atoms with E-state index in [4.69, 9.17) is 11.7 Å². The summed E-state index contributed by atoms with van der Waals surface area (Å²) in [7, 11) is 0. The Bertz CT molecular complexity index is 431. The van der Waals surface area contributed by atoms with E-state index < -0.39 is 0 Å². The molecule has 1 saturated carbocycles. The van der Waals surface area contributed by atoms with E-state index in [-0.39, 0.29) is 6.04 Å². The fourth-order valence-corrected chi connectivity index (χ4v) is 2.70. The second kappa shape index (κ2) is 5.11. The zero-order valence-electron chi connectivity index (χ0n) is 10.3. The van der Waals surface area contributed by atoms with Crippen LogP contribution in [0.2, 0.25) is 0 Å². The fourth-order valence-electron chi connectivity index (χ4n) is 2.70. The molecule has 0 amide bonds. The van der Waals surface area contributed by atoms with Crippen LogP contribution in [-0.4, -0.2) is 17.5 Å². The molecule has 0 aromatic heterocycles. The molecule has 0 aromatic rings. The van der Waals surface area contributed by atoms with Gasteiger partial charge in [0, 0.05) is 0 Å². The first-order chi connectivity index (χ1) is 8.26. The molecule has 88 valence electrons. The van der Waals surface area contributed by atoms with Crippen molar-refractivity contribution in [2.75, 3.05) is 6.54 Å². The molecule has 2 nitrogen and oxygen atoms in total. The van der Waals surface area contributed by atoms with Crippen LogP contribution >= 0.6 is 0 Å². The van der Waals surface area contributed by atoms with Gasteiger partial charge >= 0.3 is 0 Å². The number of rotatable bonds is 2. The molecule has 0 spiro atoms. The van der Waals surface area contributed by atoms with E-state index in [9.17, 15) is 0 Å². The average molecular weight is 226 g/mol. The summed E-state index contributed by atoms with van der Waals surface area (Å²) < 4.78 is 0. The van der Waals surface area contributed by atoms with Crippen molar-refractivity contribution in [3.63, 3.8) is 0 Å². The Morgan fingerprint density at radius 1 is 1.47 bits per heavy atom. The summed E-state index contributed by atoms with van der Waals surface area (Å²) in [4.78, 5) is 1.74. The van der Waals surface area contributed by atoms with Gasteiger partial charge in [-0.15, -0.1) is 6.42 Å². The van der Waals surface area contributed by atoms with Crippen molar-refractivity contribution in [2.45, 2.75) is 38.6 Å². The fraction of sp³-hybridized carbons (Fsp3) is 0.533. The number of hydrogen-bond acceptors (Lipinski definition) is 2. The third-order valence-corrected chi connectivity index (χ3v) is 3.69.